The van der Waals surface area contributed by atoms with Crippen LogP contribution in [0, 0.1) is 0 Å². The minimum absolute atomic E-state index is 0.730. The average molecular weight is 170 g/mol. The smallest absolute Gasteiger partial charge is 0.151 e. The molecular weight excluding hydrogens is 155 g/mol. The number of allylic oxidation sites excluding steroid dienone is 3. The summed E-state index contributed by atoms with van der Waals surface area (Å²) in [6.45, 7) is 9.21. The normalized spacial score (nSPS) is 17.4. The third-order valence-corrected chi connectivity index (χ3v) is 4.01. The average Bonchev–Trinajstić information content (AvgIpc) is 1.88. The third kappa shape index (κ3) is 2.90. The van der Waals surface area contributed by atoms with E-state index in [9.17, 15) is 4.57 Å². The summed E-state index contributed by atoms with van der Waals surface area (Å²) in [6, 6.07) is 0. The maximum Gasteiger partial charge on any atom is 0.151 e. The largest absolute Gasteiger partial charge is 0.310 e. The molecule has 0 saturated heterocycles. The van der Waals surface area contributed by atoms with E-state index in [-0.39, 0.29) is 0 Å². The molecule has 1 atom stereocenters. The van der Waals surface area contributed by atoms with E-state index in [1.807, 2.05) is 13.8 Å². The van der Waals surface area contributed by atoms with Crippen LogP contribution in [0.5, 0.6) is 0 Å². The van der Waals surface area contributed by atoms with Crippen LogP contribution in [-0.4, -0.2) is 0 Å². The van der Waals surface area contributed by atoms with E-state index < -0.39 is 7.14 Å². The summed E-state index contributed by atoms with van der Waals surface area (Å²) < 4.78 is 11.8. The summed E-state index contributed by atoms with van der Waals surface area (Å²) in [6.07, 6.45) is 3.60. The van der Waals surface area contributed by atoms with Crippen molar-refractivity contribution in [3.05, 3.63) is 35.7 Å². The Kier molecular flexibility index (Phi) is 4.14. The minimum Gasteiger partial charge on any atom is -0.310 e. The van der Waals surface area contributed by atoms with Crippen molar-refractivity contribution in [2.75, 3.05) is 0 Å². The molecule has 0 aliphatic carbocycles. The van der Waals surface area contributed by atoms with E-state index in [4.69, 9.17) is 0 Å². The van der Waals surface area contributed by atoms with Crippen LogP contribution < -0.4 is 0 Å². The molecule has 11 heavy (non-hydrogen) atoms. The van der Waals surface area contributed by atoms with Crippen LogP contribution in [0.25, 0.3) is 0 Å². The topological polar surface area (TPSA) is 17.1 Å². The summed E-state index contributed by atoms with van der Waals surface area (Å²) in [5.41, 5.74) is 0. The third-order valence-electron chi connectivity index (χ3n) is 1.34. The lowest BCUT2D eigenvalue weighted by molar-refractivity contribution is 0.590. The quantitative estimate of drug-likeness (QED) is 0.586. The summed E-state index contributed by atoms with van der Waals surface area (Å²) >= 11 is 0. The van der Waals surface area contributed by atoms with Gasteiger partial charge in [-0.05, 0) is 37.7 Å². The summed E-state index contributed by atoms with van der Waals surface area (Å²) in [4.78, 5) is 0. The Morgan fingerprint density at radius 1 is 1.27 bits per heavy atom. The second-order valence-corrected chi connectivity index (χ2v) is 5.19. The van der Waals surface area contributed by atoms with Crippen molar-refractivity contribution < 1.29 is 4.57 Å². The number of hydrogen-bond donors (Lipinski definition) is 0. The second kappa shape index (κ2) is 4.35. The van der Waals surface area contributed by atoms with Gasteiger partial charge >= 0.3 is 0 Å². The summed E-state index contributed by atoms with van der Waals surface area (Å²) in [5.74, 6) is 3.44. The van der Waals surface area contributed by atoms with Crippen molar-refractivity contribution in [3.8, 4) is 0 Å². The molecule has 0 fully saturated rings. The Morgan fingerprint density at radius 3 is 1.82 bits per heavy atom. The second-order valence-electron chi connectivity index (χ2n) is 2.41. The van der Waals surface area contributed by atoms with Gasteiger partial charge in [0.25, 0.3) is 0 Å². The van der Waals surface area contributed by atoms with Crippen molar-refractivity contribution in [3.63, 3.8) is 0 Å². The lowest BCUT2D eigenvalue weighted by atomic mass is 10.7. The molecule has 62 valence electrons. The van der Waals surface area contributed by atoms with Crippen molar-refractivity contribution in [1.82, 2.24) is 0 Å². The zero-order valence-electron chi connectivity index (χ0n) is 7.37. The first kappa shape index (κ1) is 10.4. The molecule has 0 aromatic carbocycles. The Hall–Kier alpha value is -0.550. The number of rotatable bonds is 3. The van der Waals surface area contributed by atoms with Gasteiger partial charge in [0, 0.05) is 0 Å². The monoisotopic (exact) mass is 170 g/mol. The molecule has 2 heteroatoms. The molecule has 0 aromatic heterocycles. The molecule has 0 amide bonds. The van der Waals surface area contributed by atoms with Crippen molar-refractivity contribution in [1.29, 1.82) is 0 Å². The maximum atomic E-state index is 11.8. The van der Waals surface area contributed by atoms with Crippen molar-refractivity contribution in [2.45, 2.75) is 20.8 Å². The molecule has 0 aliphatic rings. The van der Waals surface area contributed by atoms with Gasteiger partial charge in [-0.25, -0.2) is 0 Å². The van der Waals surface area contributed by atoms with Crippen molar-refractivity contribution >= 4 is 7.14 Å². The van der Waals surface area contributed by atoms with Crippen LogP contribution in [0.1, 0.15) is 20.8 Å². The molecule has 0 aromatic rings. The fourth-order valence-corrected chi connectivity index (χ4v) is 2.24. The molecule has 1 nitrogen and oxygen atoms in total. The van der Waals surface area contributed by atoms with E-state index in [0.29, 0.717) is 0 Å². The standard InChI is InChI=1S/C9H15OP/c1-5-7-11(10,8-6-2)9(3)4/h5-8H,3H2,1-2,4H3/b7-5-,8-6+. The summed E-state index contributed by atoms with van der Waals surface area (Å²) in [7, 11) is -2.35. The first-order valence-corrected chi connectivity index (χ1v) is 5.44. The van der Waals surface area contributed by atoms with Gasteiger partial charge in [-0.3, -0.25) is 0 Å². The molecule has 0 saturated carbocycles. The van der Waals surface area contributed by atoms with E-state index in [1.54, 1.807) is 30.7 Å². The van der Waals surface area contributed by atoms with Gasteiger partial charge in [0.1, 0.15) is 0 Å². The van der Waals surface area contributed by atoms with E-state index >= 15 is 0 Å². The fourth-order valence-electron chi connectivity index (χ4n) is 0.747. The minimum atomic E-state index is -2.35. The molecule has 0 aliphatic heterocycles. The van der Waals surface area contributed by atoms with E-state index in [2.05, 4.69) is 6.58 Å². The summed E-state index contributed by atoms with van der Waals surface area (Å²) in [5, 5.41) is 0.730. The number of hydrogen-bond acceptors (Lipinski definition) is 1. The highest BCUT2D eigenvalue weighted by Crippen LogP contribution is 2.55. The molecule has 0 heterocycles. The lowest BCUT2D eigenvalue weighted by Crippen LogP contribution is -1.72. The molecule has 0 rings (SSSR count). The van der Waals surface area contributed by atoms with Crippen molar-refractivity contribution in [2.24, 2.45) is 0 Å². The molecule has 0 radical (unpaired) electrons. The molecular formula is C9H15OP. The van der Waals surface area contributed by atoms with E-state index in [1.165, 1.54) is 0 Å². The first-order chi connectivity index (χ1) is 5.06. The highest BCUT2D eigenvalue weighted by Gasteiger charge is 2.13. The van der Waals surface area contributed by atoms with Crippen LogP contribution in [-0.2, 0) is 4.57 Å². The SMILES string of the molecule is C=C(C)P(=O)(/C=C\C)/C=C/C. The van der Waals surface area contributed by atoms with Crippen LogP contribution in [0.4, 0.5) is 0 Å². The van der Waals surface area contributed by atoms with Crippen LogP contribution >= 0.6 is 7.14 Å². The van der Waals surface area contributed by atoms with Gasteiger partial charge in [-0.1, -0.05) is 18.7 Å². The first-order valence-electron chi connectivity index (χ1n) is 3.60. The Balaban J connectivity index is 4.83. The van der Waals surface area contributed by atoms with Gasteiger partial charge in [-0.2, -0.15) is 0 Å². The fraction of sp³-hybridized carbons (Fsp3) is 0.333. The van der Waals surface area contributed by atoms with Crippen LogP contribution in [0.15, 0.2) is 35.7 Å². The molecule has 0 bridgehead atoms. The maximum absolute atomic E-state index is 11.8. The lowest BCUT2D eigenvalue weighted by Gasteiger charge is -2.07. The zero-order chi connectivity index (χ0) is 8.91. The van der Waals surface area contributed by atoms with Gasteiger partial charge in [-0.15, -0.1) is 0 Å². The van der Waals surface area contributed by atoms with Gasteiger partial charge in [0.05, 0.1) is 0 Å². The molecule has 1 unspecified atom stereocenters. The van der Waals surface area contributed by atoms with Gasteiger partial charge in [0.15, 0.2) is 7.14 Å². The Labute approximate surface area is 68.9 Å². The Morgan fingerprint density at radius 2 is 1.64 bits per heavy atom. The predicted octanol–water partition coefficient (Wildman–Crippen LogP) is 3.95. The predicted molar refractivity (Wildman–Crippen MR) is 52.0 cm³/mol. The van der Waals surface area contributed by atoms with E-state index in [0.717, 1.165) is 5.31 Å². The van der Waals surface area contributed by atoms with Gasteiger partial charge in [0.2, 0.25) is 0 Å². The highest BCUT2D eigenvalue weighted by molar-refractivity contribution is 7.74. The van der Waals surface area contributed by atoms with Crippen LogP contribution in [0.3, 0.4) is 0 Å². The zero-order valence-corrected chi connectivity index (χ0v) is 8.27. The van der Waals surface area contributed by atoms with Crippen LogP contribution in [0.2, 0.25) is 0 Å². The Bertz CT molecular complexity index is 220. The molecule has 0 N–H and O–H groups in total. The highest BCUT2D eigenvalue weighted by atomic mass is 31.2. The van der Waals surface area contributed by atoms with Gasteiger partial charge < -0.3 is 4.57 Å². The molecule has 0 spiro atoms.